The van der Waals surface area contributed by atoms with Crippen LogP contribution in [0.5, 0.6) is 0 Å². The maximum atomic E-state index is 5.81. The molecule has 0 aromatic carbocycles. The number of nitrogens with two attached hydrogens (primary N) is 1. The van der Waals surface area contributed by atoms with Gasteiger partial charge >= 0.3 is 0 Å². The maximum Gasteiger partial charge on any atom is 0.140 e. The smallest absolute Gasteiger partial charge is 0.140 e. The van der Waals surface area contributed by atoms with Crippen molar-refractivity contribution in [3.8, 4) is 11.8 Å². The number of aromatic amines is 1. The van der Waals surface area contributed by atoms with E-state index in [1.807, 2.05) is 41.1 Å². The Morgan fingerprint density at radius 3 is 3.10 bits per heavy atom. The van der Waals surface area contributed by atoms with Gasteiger partial charge < -0.3 is 10.7 Å². The van der Waals surface area contributed by atoms with E-state index in [1.165, 1.54) is 0 Å². The molecule has 5 nitrogen and oxygen atoms in total. The molecule has 21 heavy (non-hydrogen) atoms. The van der Waals surface area contributed by atoms with Gasteiger partial charge in [0.15, 0.2) is 0 Å². The highest BCUT2D eigenvalue weighted by Crippen LogP contribution is 2.17. The van der Waals surface area contributed by atoms with Gasteiger partial charge in [0, 0.05) is 23.3 Å². The lowest BCUT2D eigenvalue weighted by atomic mass is 10.2. The molecule has 0 fully saturated rings. The van der Waals surface area contributed by atoms with E-state index < -0.39 is 0 Å². The zero-order chi connectivity index (χ0) is 14.2. The summed E-state index contributed by atoms with van der Waals surface area (Å²) >= 11 is 0. The van der Waals surface area contributed by atoms with Crippen molar-refractivity contribution >= 4 is 22.5 Å². The van der Waals surface area contributed by atoms with Crippen LogP contribution in [0.3, 0.4) is 0 Å². The van der Waals surface area contributed by atoms with Gasteiger partial charge in [0.05, 0.1) is 6.20 Å². The fourth-order valence-corrected chi connectivity index (χ4v) is 2.32. The van der Waals surface area contributed by atoms with E-state index in [1.54, 1.807) is 12.3 Å². The van der Waals surface area contributed by atoms with Crippen LogP contribution in [0, 0.1) is 11.8 Å². The minimum Gasteiger partial charge on any atom is -0.384 e. The standard InChI is InChI=1S/C16H11N5/c17-14-9-11(13-6-7-18-16(13)20-14)4-5-12-10-19-15-3-1-2-8-21(12)15/h1-3,6-10H,(H3,17,18,20). The number of fused-ring (bicyclic) bond motifs is 2. The van der Waals surface area contributed by atoms with E-state index in [-0.39, 0.29) is 0 Å². The lowest BCUT2D eigenvalue weighted by Gasteiger charge is -1.97. The van der Waals surface area contributed by atoms with Gasteiger partial charge in [-0.2, -0.15) is 0 Å². The quantitative estimate of drug-likeness (QED) is 0.482. The normalized spacial score (nSPS) is 10.7. The van der Waals surface area contributed by atoms with Gasteiger partial charge in [0.2, 0.25) is 0 Å². The largest absolute Gasteiger partial charge is 0.384 e. The number of nitrogens with one attached hydrogen (secondary N) is 1. The van der Waals surface area contributed by atoms with Crippen LogP contribution in [-0.2, 0) is 0 Å². The third-order valence-corrected chi connectivity index (χ3v) is 3.29. The first-order valence-corrected chi connectivity index (χ1v) is 6.49. The van der Waals surface area contributed by atoms with Gasteiger partial charge in [-0.25, -0.2) is 9.97 Å². The molecule has 0 atom stereocenters. The van der Waals surface area contributed by atoms with Crippen LogP contribution in [0.4, 0.5) is 5.82 Å². The van der Waals surface area contributed by atoms with Crippen molar-refractivity contribution in [2.45, 2.75) is 0 Å². The molecule has 4 heterocycles. The van der Waals surface area contributed by atoms with E-state index in [9.17, 15) is 0 Å². The van der Waals surface area contributed by atoms with E-state index >= 15 is 0 Å². The number of nitrogen functional groups attached to an aromatic ring is 1. The summed E-state index contributed by atoms with van der Waals surface area (Å²) < 4.78 is 1.95. The minimum atomic E-state index is 0.451. The zero-order valence-electron chi connectivity index (χ0n) is 11.0. The summed E-state index contributed by atoms with van der Waals surface area (Å²) in [6.07, 6.45) is 5.54. The summed E-state index contributed by atoms with van der Waals surface area (Å²) in [5.74, 6) is 6.76. The summed E-state index contributed by atoms with van der Waals surface area (Å²) in [5.41, 5.74) is 9.12. The SMILES string of the molecule is Nc1cc(C#Cc2cnc3ccccn23)c2cc[nH]c2n1. The number of hydrogen-bond acceptors (Lipinski definition) is 3. The highest BCUT2D eigenvalue weighted by atomic mass is 15.0. The molecular weight excluding hydrogens is 262 g/mol. The Hall–Kier alpha value is -3.26. The minimum absolute atomic E-state index is 0.451. The molecule has 0 amide bonds. The van der Waals surface area contributed by atoms with Crippen molar-refractivity contribution in [1.29, 1.82) is 0 Å². The number of hydrogen-bond donors (Lipinski definition) is 2. The number of pyridine rings is 2. The van der Waals surface area contributed by atoms with Crippen molar-refractivity contribution in [1.82, 2.24) is 19.4 Å². The van der Waals surface area contributed by atoms with Crippen LogP contribution < -0.4 is 5.73 Å². The van der Waals surface area contributed by atoms with E-state index in [0.29, 0.717) is 5.82 Å². The second-order valence-electron chi connectivity index (χ2n) is 4.66. The maximum absolute atomic E-state index is 5.81. The number of anilines is 1. The first-order chi connectivity index (χ1) is 10.3. The van der Waals surface area contributed by atoms with E-state index in [2.05, 4.69) is 26.8 Å². The van der Waals surface area contributed by atoms with E-state index in [0.717, 1.165) is 27.9 Å². The average molecular weight is 273 g/mol. The van der Waals surface area contributed by atoms with Gasteiger partial charge in [0.1, 0.15) is 22.8 Å². The molecular formula is C16H11N5. The van der Waals surface area contributed by atoms with Crippen LogP contribution >= 0.6 is 0 Å². The highest BCUT2D eigenvalue weighted by Gasteiger charge is 2.03. The molecule has 4 aromatic heterocycles. The Balaban J connectivity index is 1.87. The monoisotopic (exact) mass is 273 g/mol. The predicted molar refractivity (Wildman–Crippen MR) is 81.7 cm³/mol. The van der Waals surface area contributed by atoms with Crippen molar-refractivity contribution in [3.05, 3.63) is 60.2 Å². The Bertz CT molecular complexity index is 1010. The third kappa shape index (κ3) is 1.90. The lowest BCUT2D eigenvalue weighted by Crippen LogP contribution is -1.92. The Morgan fingerprint density at radius 2 is 2.14 bits per heavy atom. The summed E-state index contributed by atoms with van der Waals surface area (Å²) in [6.45, 7) is 0. The Kier molecular flexibility index (Phi) is 2.42. The molecule has 0 aliphatic carbocycles. The molecule has 0 aliphatic heterocycles. The van der Waals surface area contributed by atoms with Crippen molar-refractivity contribution in [3.63, 3.8) is 0 Å². The Labute approximate surface area is 120 Å². The number of nitrogens with zero attached hydrogens (tertiary/aromatic N) is 3. The van der Waals surface area contributed by atoms with Crippen molar-refractivity contribution in [2.24, 2.45) is 0 Å². The summed E-state index contributed by atoms with van der Waals surface area (Å²) in [5, 5.41) is 0.963. The molecule has 0 saturated heterocycles. The van der Waals surface area contributed by atoms with Crippen LogP contribution in [0.25, 0.3) is 16.7 Å². The summed E-state index contributed by atoms with van der Waals surface area (Å²) in [4.78, 5) is 11.6. The molecule has 0 spiro atoms. The van der Waals surface area contributed by atoms with Crippen LogP contribution in [0.1, 0.15) is 11.3 Å². The first kappa shape index (κ1) is 11.6. The third-order valence-electron chi connectivity index (χ3n) is 3.29. The average Bonchev–Trinajstić information content (AvgIpc) is 3.11. The fourth-order valence-electron chi connectivity index (χ4n) is 2.32. The predicted octanol–water partition coefficient (Wildman–Crippen LogP) is 2.19. The van der Waals surface area contributed by atoms with Crippen LogP contribution in [-0.4, -0.2) is 19.4 Å². The number of aromatic nitrogens is 4. The molecule has 0 radical (unpaired) electrons. The number of H-pyrrole nitrogens is 1. The van der Waals surface area contributed by atoms with Gasteiger partial charge in [0.25, 0.3) is 0 Å². The Morgan fingerprint density at radius 1 is 1.19 bits per heavy atom. The first-order valence-electron chi connectivity index (χ1n) is 6.49. The molecule has 4 rings (SSSR count). The van der Waals surface area contributed by atoms with Gasteiger partial charge in [-0.15, -0.1) is 0 Å². The molecule has 100 valence electrons. The van der Waals surface area contributed by atoms with E-state index in [4.69, 9.17) is 5.73 Å². The topological polar surface area (TPSA) is 72.0 Å². The molecule has 3 N–H and O–H groups in total. The highest BCUT2D eigenvalue weighted by molar-refractivity contribution is 5.84. The van der Waals surface area contributed by atoms with Crippen LogP contribution in [0.2, 0.25) is 0 Å². The number of imidazole rings is 1. The van der Waals surface area contributed by atoms with Gasteiger partial charge in [-0.1, -0.05) is 12.0 Å². The molecule has 0 bridgehead atoms. The molecule has 5 heteroatoms. The van der Waals surface area contributed by atoms with Gasteiger partial charge in [-0.05, 0) is 30.2 Å². The lowest BCUT2D eigenvalue weighted by molar-refractivity contribution is 1.16. The fraction of sp³-hybridized carbons (Fsp3) is 0. The second kappa shape index (κ2) is 4.39. The van der Waals surface area contributed by atoms with Crippen LogP contribution in [0.15, 0.2) is 48.9 Å². The van der Waals surface area contributed by atoms with Gasteiger partial charge in [-0.3, -0.25) is 4.40 Å². The summed E-state index contributed by atoms with van der Waals surface area (Å²) in [6, 6.07) is 9.58. The number of rotatable bonds is 0. The van der Waals surface area contributed by atoms with Crippen molar-refractivity contribution in [2.75, 3.05) is 5.73 Å². The molecule has 0 aliphatic rings. The summed E-state index contributed by atoms with van der Waals surface area (Å²) in [7, 11) is 0. The van der Waals surface area contributed by atoms with Crippen molar-refractivity contribution < 1.29 is 0 Å². The molecule has 0 unspecified atom stereocenters. The zero-order valence-corrected chi connectivity index (χ0v) is 11.0. The molecule has 0 saturated carbocycles. The molecule has 4 aromatic rings. The second-order valence-corrected chi connectivity index (χ2v) is 4.66.